The van der Waals surface area contributed by atoms with Gasteiger partial charge in [0, 0.05) is 28.3 Å². The first kappa shape index (κ1) is 12.8. The smallest absolute Gasteiger partial charge is 0.119 e. The van der Waals surface area contributed by atoms with Crippen LogP contribution in [0.5, 0.6) is 5.75 Å². The van der Waals surface area contributed by atoms with Gasteiger partial charge in [-0.05, 0) is 29.8 Å². The number of hydrogen-bond acceptors (Lipinski definition) is 4. The number of fused-ring (bicyclic) bond motifs is 5. The van der Waals surface area contributed by atoms with Crippen molar-refractivity contribution >= 4 is 16.6 Å². The Bertz CT molecular complexity index is 916. The molecule has 4 heteroatoms. The molecule has 1 aliphatic carbocycles. The third-order valence-electron chi connectivity index (χ3n) is 3.97. The minimum absolute atomic E-state index is 0.799. The van der Waals surface area contributed by atoms with E-state index in [1.165, 1.54) is 0 Å². The predicted octanol–water partition coefficient (Wildman–Crippen LogP) is 3.62. The molecule has 0 radical (unpaired) electrons. The molecule has 0 unspecified atom stereocenters. The van der Waals surface area contributed by atoms with Gasteiger partial charge in [-0.3, -0.25) is 4.98 Å². The zero-order chi connectivity index (χ0) is 15.1. The zero-order valence-electron chi connectivity index (χ0n) is 12.3. The van der Waals surface area contributed by atoms with Crippen LogP contribution in [0.25, 0.3) is 22.0 Å². The molecule has 22 heavy (non-hydrogen) atoms. The van der Waals surface area contributed by atoms with E-state index in [1.807, 2.05) is 42.6 Å². The second kappa shape index (κ2) is 4.84. The van der Waals surface area contributed by atoms with Crippen molar-refractivity contribution in [1.82, 2.24) is 4.98 Å². The van der Waals surface area contributed by atoms with E-state index in [-0.39, 0.29) is 0 Å². The number of ether oxygens (including phenoxy) is 1. The molecule has 4 rings (SSSR count). The molecule has 2 aromatic carbocycles. The van der Waals surface area contributed by atoms with Gasteiger partial charge in [0.25, 0.3) is 0 Å². The third-order valence-corrected chi connectivity index (χ3v) is 3.97. The maximum Gasteiger partial charge on any atom is 0.119 e. The van der Waals surface area contributed by atoms with Crippen LogP contribution < -0.4 is 4.74 Å². The number of oxime groups is 1. The third kappa shape index (κ3) is 1.70. The first-order valence-electron chi connectivity index (χ1n) is 7.01. The first-order chi connectivity index (χ1) is 10.8. The SMILES string of the molecule is CO/N=C1\c2cc(OC)ccc2-c2cnc3ccccc3c21. The molecular formula is C18H14N2O2. The Balaban J connectivity index is 2.09. The molecule has 108 valence electrons. The van der Waals surface area contributed by atoms with Crippen molar-refractivity contribution in [3.63, 3.8) is 0 Å². The number of para-hydroxylation sites is 1. The Kier molecular flexibility index (Phi) is 2.82. The molecule has 0 fully saturated rings. The summed E-state index contributed by atoms with van der Waals surface area (Å²) in [6, 6.07) is 14.1. The average molecular weight is 290 g/mol. The van der Waals surface area contributed by atoms with E-state index >= 15 is 0 Å². The van der Waals surface area contributed by atoms with Crippen molar-refractivity contribution in [2.75, 3.05) is 14.2 Å². The van der Waals surface area contributed by atoms with Crippen LogP contribution in [0.4, 0.5) is 0 Å². The number of benzene rings is 2. The van der Waals surface area contributed by atoms with Gasteiger partial charge in [-0.1, -0.05) is 23.4 Å². The Morgan fingerprint density at radius 2 is 1.82 bits per heavy atom. The minimum atomic E-state index is 0.799. The van der Waals surface area contributed by atoms with Crippen LogP contribution in [0.15, 0.2) is 53.8 Å². The van der Waals surface area contributed by atoms with E-state index in [9.17, 15) is 0 Å². The molecule has 4 nitrogen and oxygen atoms in total. The lowest BCUT2D eigenvalue weighted by Gasteiger charge is -2.05. The van der Waals surface area contributed by atoms with Gasteiger partial charge in [0.2, 0.25) is 0 Å². The van der Waals surface area contributed by atoms with E-state index < -0.39 is 0 Å². The Morgan fingerprint density at radius 1 is 0.955 bits per heavy atom. The summed E-state index contributed by atoms with van der Waals surface area (Å²) in [5.41, 5.74) is 6.02. The van der Waals surface area contributed by atoms with E-state index in [0.717, 1.165) is 44.6 Å². The molecule has 0 saturated heterocycles. The lowest BCUT2D eigenvalue weighted by Crippen LogP contribution is -2.01. The van der Waals surface area contributed by atoms with Crippen LogP contribution in [-0.4, -0.2) is 24.9 Å². The highest BCUT2D eigenvalue weighted by atomic mass is 16.6. The van der Waals surface area contributed by atoms with Crippen LogP contribution in [-0.2, 0) is 4.84 Å². The highest BCUT2D eigenvalue weighted by Crippen LogP contribution is 2.41. The van der Waals surface area contributed by atoms with Crippen LogP contribution in [0.2, 0.25) is 0 Å². The van der Waals surface area contributed by atoms with Gasteiger partial charge < -0.3 is 9.57 Å². The fraction of sp³-hybridized carbons (Fsp3) is 0.111. The van der Waals surface area contributed by atoms with Crippen molar-refractivity contribution in [1.29, 1.82) is 0 Å². The highest BCUT2D eigenvalue weighted by molar-refractivity contribution is 6.29. The van der Waals surface area contributed by atoms with Crippen molar-refractivity contribution in [3.8, 4) is 16.9 Å². The molecule has 1 aromatic heterocycles. The van der Waals surface area contributed by atoms with Gasteiger partial charge >= 0.3 is 0 Å². The normalized spacial score (nSPS) is 14.0. The lowest BCUT2D eigenvalue weighted by molar-refractivity contribution is 0.214. The molecular weight excluding hydrogens is 276 g/mol. The number of methoxy groups -OCH3 is 1. The Hall–Kier alpha value is -2.88. The monoisotopic (exact) mass is 290 g/mol. The van der Waals surface area contributed by atoms with Gasteiger partial charge in [0.1, 0.15) is 18.6 Å². The average Bonchev–Trinajstić information content (AvgIpc) is 2.89. The Labute approximate surface area is 128 Å². The maximum atomic E-state index is 5.34. The Morgan fingerprint density at radius 3 is 2.64 bits per heavy atom. The molecule has 0 N–H and O–H groups in total. The summed E-state index contributed by atoms with van der Waals surface area (Å²) < 4.78 is 5.34. The lowest BCUT2D eigenvalue weighted by atomic mass is 10.0. The van der Waals surface area contributed by atoms with Crippen LogP contribution in [0.3, 0.4) is 0 Å². The fourth-order valence-corrected chi connectivity index (χ4v) is 3.00. The summed E-state index contributed by atoms with van der Waals surface area (Å²) in [5, 5.41) is 5.34. The van der Waals surface area contributed by atoms with Crippen molar-refractivity contribution in [2.45, 2.75) is 0 Å². The van der Waals surface area contributed by atoms with Gasteiger partial charge in [-0.15, -0.1) is 0 Å². The molecule has 0 atom stereocenters. The molecule has 0 amide bonds. The van der Waals surface area contributed by atoms with E-state index in [4.69, 9.17) is 9.57 Å². The van der Waals surface area contributed by atoms with E-state index in [1.54, 1.807) is 14.2 Å². The topological polar surface area (TPSA) is 43.7 Å². The van der Waals surface area contributed by atoms with Gasteiger partial charge in [0.15, 0.2) is 0 Å². The summed E-state index contributed by atoms with van der Waals surface area (Å²) in [6.45, 7) is 0. The number of pyridine rings is 1. The standard InChI is InChI=1S/C18H14N2O2/c1-21-11-7-8-12-14(9-11)18(20-22-2)17-13-5-3-4-6-16(13)19-10-15(12)17/h3-10H,1-2H3/b20-18+. The van der Waals surface area contributed by atoms with Crippen LogP contribution in [0, 0.1) is 0 Å². The molecule has 0 saturated carbocycles. The second-order valence-electron chi connectivity index (χ2n) is 5.10. The second-order valence-corrected chi connectivity index (χ2v) is 5.10. The zero-order valence-corrected chi connectivity index (χ0v) is 12.3. The first-order valence-corrected chi connectivity index (χ1v) is 7.01. The van der Waals surface area contributed by atoms with Crippen molar-refractivity contribution in [3.05, 3.63) is 59.8 Å². The van der Waals surface area contributed by atoms with Crippen LogP contribution >= 0.6 is 0 Å². The molecule has 0 aliphatic heterocycles. The van der Waals surface area contributed by atoms with Crippen LogP contribution in [0.1, 0.15) is 11.1 Å². The summed E-state index contributed by atoms with van der Waals surface area (Å²) in [6.07, 6.45) is 1.90. The minimum Gasteiger partial charge on any atom is -0.497 e. The maximum absolute atomic E-state index is 5.34. The fourth-order valence-electron chi connectivity index (χ4n) is 3.00. The number of rotatable bonds is 2. The van der Waals surface area contributed by atoms with Crippen molar-refractivity contribution in [2.24, 2.45) is 5.16 Å². The highest BCUT2D eigenvalue weighted by Gasteiger charge is 2.28. The largest absolute Gasteiger partial charge is 0.497 e. The summed E-state index contributed by atoms with van der Waals surface area (Å²) >= 11 is 0. The van der Waals surface area contributed by atoms with E-state index in [2.05, 4.69) is 16.2 Å². The summed E-state index contributed by atoms with van der Waals surface area (Å²) in [5.74, 6) is 0.799. The van der Waals surface area contributed by atoms with Gasteiger partial charge in [-0.25, -0.2) is 0 Å². The molecule has 1 heterocycles. The van der Waals surface area contributed by atoms with Crippen molar-refractivity contribution < 1.29 is 9.57 Å². The van der Waals surface area contributed by atoms with Gasteiger partial charge in [-0.2, -0.15) is 0 Å². The van der Waals surface area contributed by atoms with E-state index in [0.29, 0.717) is 0 Å². The number of nitrogens with zero attached hydrogens (tertiary/aromatic N) is 2. The molecule has 0 bridgehead atoms. The predicted molar refractivity (Wildman–Crippen MR) is 86.4 cm³/mol. The molecule has 3 aromatic rings. The molecule has 1 aliphatic rings. The number of hydrogen-bond donors (Lipinski definition) is 0. The number of aromatic nitrogens is 1. The summed E-state index contributed by atoms with van der Waals surface area (Å²) in [7, 11) is 3.22. The molecule has 0 spiro atoms. The summed E-state index contributed by atoms with van der Waals surface area (Å²) in [4.78, 5) is 9.65. The quantitative estimate of drug-likeness (QED) is 0.530. The van der Waals surface area contributed by atoms with Gasteiger partial charge in [0.05, 0.1) is 12.6 Å².